The Morgan fingerprint density at radius 1 is 1.00 bits per heavy atom. The normalized spacial score (nSPS) is 11.1. The van der Waals surface area contributed by atoms with Crippen LogP contribution in [0.3, 0.4) is 0 Å². The molecule has 0 bridgehead atoms. The van der Waals surface area contributed by atoms with E-state index in [1.165, 1.54) is 35.7 Å². The standard InChI is InChI=1S/C21H15BrN4O3S2/c22-15-9-10-16(17(12-15)26-31(28,29)19-8-4-5-11-23-19)20(27)25-21-24-18(13-30-21)14-6-2-1-3-7-14/h1-13,26H,(H,24,25,27). The lowest BCUT2D eigenvalue weighted by Crippen LogP contribution is -2.19. The van der Waals surface area contributed by atoms with Crippen LogP contribution in [-0.2, 0) is 10.0 Å². The number of hydrogen-bond acceptors (Lipinski definition) is 6. The van der Waals surface area contributed by atoms with Gasteiger partial charge in [0, 0.05) is 21.6 Å². The number of rotatable bonds is 6. The lowest BCUT2D eigenvalue weighted by atomic mass is 10.2. The number of anilines is 2. The van der Waals surface area contributed by atoms with Crippen LogP contribution in [-0.4, -0.2) is 24.3 Å². The van der Waals surface area contributed by atoms with Crippen LogP contribution in [0, 0.1) is 0 Å². The van der Waals surface area contributed by atoms with Gasteiger partial charge in [0.15, 0.2) is 10.2 Å². The fourth-order valence-electron chi connectivity index (χ4n) is 2.74. The number of hydrogen-bond donors (Lipinski definition) is 2. The summed E-state index contributed by atoms with van der Waals surface area (Å²) in [5.74, 6) is -0.486. The maximum atomic E-state index is 12.9. The van der Waals surface area contributed by atoms with E-state index in [4.69, 9.17) is 0 Å². The minimum absolute atomic E-state index is 0.123. The molecule has 2 heterocycles. The zero-order valence-electron chi connectivity index (χ0n) is 15.8. The number of carbonyl (C=O) groups is 1. The second-order valence-electron chi connectivity index (χ2n) is 6.32. The molecule has 4 aromatic rings. The molecule has 2 aromatic carbocycles. The summed E-state index contributed by atoms with van der Waals surface area (Å²) >= 11 is 4.60. The van der Waals surface area contributed by atoms with Gasteiger partial charge in [0.05, 0.1) is 16.9 Å². The lowest BCUT2D eigenvalue weighted by molar-refractivity contribution is 0.102. The molecule has 10 heteroatoms. The van der Waals surface area contributed by atoms with Crippen molar-refractivity contribution in [1.29, 1.82) is 0 Å². The smallest absolute Gasteiger partial charge is 0.279 e. The number of amides is 1. The van der Waals surface area contributed by atoms with Crippen molar-refractivity contribution < 1.29 is 13.2 Å². The maximum Gasteiger partial charge on any atom is 0.279 e. The van der Waals surface area contributed by atoms with Crippen LogP contribution in [0.5, 0.6) is 0 Å². The van der Waals surface area contributed by atoms with E-state index in [1.54, 1.807) is 18.2 Å². The summed E-state index contributed by atoms with van der Waals surface area (Å²) < 4.78 is 28.4. The summed E-state index contributed by atoms with van der Waals surface area (Å²) in [6.45, 7) is 0. The monoisotopic (exact) mass is 514 g/mol. The third-order valence-electron chi connectivity index (χ3n) is 4.18. The predicted octanol–water partition coefficient (Wildman–Crippen LogP) is 5.02. The van der Waals surface area contributed by atoms with E-state index in [2.05, 4.69) is 35.9 Å². The van der Waals surface area contributed by atoms with Crippen molar-refractivity contribution >= 4 is 54.0 Å². The molecule has 0 atom stereocenters. The van der Waals surface area contributed by atoms with Gasteiger partial charge in [-0.05, 0) is 30.3 Å². The number of sulfonamides is 1. The number of nitrogens with one attached hydrogen (secondary N) is 2. The highest BCUT2D eigenvalue weighted by molar-refractivity contribution is 9.10. The highest BCUT2D eigenvalue weighted by Crippen LogP contribution is 2.28. The minimum atomic E-state index is -3.97. The molecule has 7 nitrogen and oxygen atoms in total. The number of pyridine rings is 1. The van der Waals surface area contributed by atoms with Crippen molar-refractivity contribution in [3.63, 3.8) is 0 Å². The molecule has 0 aliphatic carbocycles. The number of halogens is 1. The van der Waals surface area contributed by atoms with Gasteiger partial charge in [-0.1, -0.05) is 52.3 Å². The average Bonchev–Trinajstić information content (AvgIpc) is 3.23. The number of carbonyl (C=O) groups excluding carboxylic acids is 1. The quantitative estimate of drug-likeness (QED) is 0.376. The Balaban J connectivity index is 1.59. The van der Waals surface area contributed by atoms with Gasteiger partial charge in [-0.3, -0.25) is 14.8 Å². The second kappa shape index (κ2) is 8.96. The number of aromatic nitrogens is 2. The number of thiazole rings is 1. The van der Waals surface area contributed by atoms with Gasteiger partial charge in [-0.15, -0.1) is 11.3 Å². The number of benzene rings is 2. The predicted molar refractivity (Wildman–Crippen MR) is 125 cm³/mol. The van der Waals surface area contributed by atoms with Crippen LogP contribution < -0.4 is 10.0 Å². The minimum Gasteiger partial charge on any atom is -0.298 e. The van der Waals surface area contributed by atoms with Gasteiger partial charge in [-0.25, -0.2) is 9.97 Å². The van der Waals surface area contributed by atoms with Crippen molar-refractivity contribution in [3.8, 4) is 11.3 Å². The molecule has 2 aromatic heterocycles. The molecular formula is C21H15BrN4O3S2. The average molecular weight is 515 g/mol. The van der Waals surface area contributed by atoms with Crippen LogP contribution in [0.25, 0.3) is 11.3 Å². The van der Waals surface area contributed by atoms with Gasteiger partial charge < -0.3 is 0 Å². The third-order valence-corrected chi connectivity index (χ3v) is 6.71. The van der Waals surface area contributed by atoms with Gasteiger partial charge in [-0.2, -0.15) is 8.42 Å². The van der Waals surface area contributed by atoms with Crippen molar-refractivity contribution in [2.24, 2.45) is 0 Å². The first kappa shape index (κ1) is 21.2. The highest BCUT2D eigenvalue weighted by atomic mass is 79.9. The molecular weight excluding hydrogens is 500 g/mol. The van der Waals surface area contributed by atoms with Crippen molar-refractivity contribution in [2.75, 3.05) is 10.0 Å². The topological polar surface area (TPSA) is 101 Å². The molecule has 0 saturated carbocycles. The van der Waals surface area contributed by atoms with E-state index >= 15 is 0 Å². The van der Waals surface area contributed by atoms with Crippen LogP contribution >= 0.6 is 27.3 Å². The summed E-state index contributed by atoms with van der Waals surface area (Å²) in [7, 11) is -3.97. The Bertz CT molecular complexity index is 1330. The molecule has 0 aliphatic rings. The molecule has 0 spiro atoms. The van der Waals surface area contributed by atoms with Gasteiger partial charge in [0.1, 0.15) is 0 Å². The van der Waals surface area contributed by atoms with E-state index < -0.39 is 15.9 Å². The molecule has 0 aliphatic heterocycles. The first-order valence-corrected chi connectivity index (χ1v) is 12.1. The van der Waals surface area contributed by atoms with E-state index in [1.807, 2.05) is 35.7 Å². The lowest BCUT2D eigenvalue weighted by Gasteiger charge is -2.12. The molecule has 0 unspecified atom stereocenters. The molecule has 1 amide bonds. The second-order valence-corrected chi connectivity index (χ2v) is 9.72. The summed E-state index contributed by atoms with van der Waals surface area (Å²) in [6.07, 6.45) is 1.38. The third kappa shape index (κ3) is 4.98. The Morgan fingerprint density at radius 2 is 1.77 bits per heavy atom. The van der Waals surface area contributed by atoms with E-state index in [0.29, 0.717) is 9.60 Å². The largest absolute Gasteiger partial charge is 0.298 e. The summed E-state index contributed by atoms with van der Waals surface area (Å²) in [5, 5.41) is 4.84. The van der Waals surface area contributed by atoms with Crippen molar-refractivity contribution in [3.05, 3.63) is 88.3 Å². The summed E-state index contributed by atoms with van der Waals surface area (Å²) in [6, 6.07) is 18.9. The Hall–Kier alpha value is -3.08. The van der Waals surface area contributed by atoms with Crippen LogP contribution in [0.2, 0.25) is 0 Å². The Kier molecular flexibility index (Phi) is 6.12. The van der Waals surface area contributed by atoms with Crippen molar-refractivity contribution in [1.82, 2.24) is 9.97 Å². The van der Waals surface area contributed by atoms with Crippen LogP contribution in [0.15, 0.2) is 87.8 Å². The van der Waals surface area contributed by atoms with E-state index in [9.17, 15) is 13.2 Å². The zero-order valence-corrected chi connectivity index (χ0v) is 19.0. The fourth-order valence-corrected chi connectivity index (χ4v) is 4.84. The maximum absolute atomic E-state index is 12.9. The van der Waals surface area contributed by atoms with Crippen LogP contribution in [0.4, 0.5) is 10.8 Å². The van der Waals surface area contributed by atoms with Gasteiger partial charge in [0.25, 0.3) is 15.9 Å². The molecule has 156 valence electrons. The Labute approximate surface area is 191 Å². The molecule has 0 radical (unpaired) electrons. The fraction of sp³-hybridized carbons (Fsp3) is 0. The molecule has 0 saturated heterocycles. The summed E-state index contributed by atoms with van der Waals surface area (Å²) in [5.41, 5.74) is 1.95. The van der Waals surface area contributed by atoms with Gasteiger partial charge >= 0.3 is 0 Å². The SMILES string of the molecule is O=C(Nc1nc(-c2ccccc2)cs1)c1ccc(Br)cc1NS(=O)(=O)c1ccccn1. The molecule has 0 fully saturated rings. The summed E-state index contributed by atoms with van der Waals surface area (Å²) in [4.78, 5) is 21.2. The molecule has 4 rings (SSSR count). The van der Waals surface area contributed by atoms with Crippen molar-refractivity contribution in [2.45, 2.75) is 5.03 Å². The van der Waals surface area contributed by atoms with E-state index in [-0.39, 0.29) is 16.3 Å². The molecule has 2 N–H and O–H groups in total. The van der Waals surface area contributed by atoms with Gasteiger partial charge in [0.2, 0.25) is 0 Å². The zero-order chi connectivity index (χ0) is 21.8. The highest BCUT2D eigenvalue weighted by Gasteiger charge is 2.21. The Morgan fingerprint density at radius 3 is 2.52 bits per heavy atom. The first-order chi connectivity index (χ1) is 14.9. The first-order valence-electron chi connectivity index (χ1n) is 8.98. The van der Waals surface area contributed by atoms with Crippen LogP contribution in [0.1, 0.15) is 10.4 Å². The molecule has 31 heavy (non-hydrogen) atoms. The van der Waals surface area contributed by atoms with E-state index in [0.717, 1.165) is 11.3 Å². The number of nitrogens with zero attached hydrogens (tertiary/aromatic N) is 2.